The summed E-state index contributed by atoms with van der Waals surface area (Å²) in [6.07, 6.45) is 3.93. The zero-order valence-electron chi connectivity index (χ0n) is 10.8. The average Bonchev–Trinajstić information content (AvgIpc) is 2.78. The highest BCUT2D eigenvalue weighted by atomic mass is 35.5. The smallest absolute Gasteiger partial charge is 0.0568 e. The van der Waals surface area contributed by atoms with Crippen molar-refractivity contribution in [3.05, 3.63) is 42.2 Å². The van der Waals surface area contributed by atoms with E-state index in [0.29, 0.717) is 12.5 Å². The molecule has 0 atom stereocenters. The molecule has 2 aromatic rings. The lowest BCUT2D eigenvalue weighted by Crippen LogP contribution is -2.09. The zero-order chi connectivity index (χ0) is 12.3. The first-order valence-corrected chi connectivity index (χ1v) is 6.03. The van der Waals surface area contributed by atoms with Crippen LogP contribution in [0.2, 0.25) is 0 Å². The Morgan fingerprint density at radius 2 is 1.83 bits per heavy atom. The molecule has 18 heavy (non-hydrogen) atoms. The highest BCUT2D eigenvalue weighted by molar-refractivity contribution is 5.85. The predicted molar refractivity (Wildman–Crippen MR) is 78.1 cm³/mol. The Bertz CT molecular complexity index is 474. The third-order valence-electron chi connectivity index (χ3n) is 2.90. The monoisotopic (exact) mass is 265 g/mol. The Kier molecular flexibility index (Phi) is 5.38. The highest BCUT2D eigenvalue weighted by Crippen LogP contribution is 2.22. The molecule has 0 saturated heterocycles. The fourth-order valence-electron chi connectivity index (χ4n) is 1.83. The van der Waals surface area contributed by atoms with Crippen molar-refractivity contribution in [3.8, 4) is 11.1 Å². The van der Waals surface area contributed by atoms with Crippen LogP contribution in [0, 0.1) is 0 Å². The largest absolute Gasteiger partial charge is 0.329 e. The minimum atomic E-state index is 0. The minimum Gasteiger partial charge on any atom is -0.329 e. The first kappa shape index (κ1) is 14.7. The molecule has 0 unspecified atom stereocenters. The van der Waals surface area contributed by atoms with E-state index in [-0.39, 0.29) is 12.4 Å². The minimum absolute atomic E-state index is 0. The first-order valence-electron chi connectivity index (χ1n) is 6.03. The van der Waals surface area contributed by atoms with E-state index in [4.69, 9.17) is 5.73 Å². The molecular weight excluding hydrogens is 246 g/mol. The van der Waals surface area contributed by atoms with E-state index in [1.165, 1.54) is 11.1 Å². The predicted octanol–water partition coefficient (Wildman–Crippen LogP) is 3.05. The van der Waals surface area contributed by atoms with Crippen molar-refractivity contribution in [2.75, 3.05) is 6.54 Å². The Hall–Kier alpha value is -1.32. The van der Waals surface area contributed by atoms with Crippen LogP contribution in [0.4, 0.5) is 0 Å². The Morgan fingerprint density at radius 1 is 1.17 bits per heavy atom. The molecule has 0 bridgehead atoms. The van der Waals surface area contributed by atoms with E-state index >= 15 is 0 Å². The van der Waals surface area contributed by atoms with E-state index in [9.17, 15) is 0 Å². The third kappa shape index (κ3) is 3.34. The number of hydrogen-bond donors (Lipinski definition) is 1. The topological polar surface area (TPSA) is 43.8 Å². The zero-order valence-corrected chi connectivity index (χ0v) is 11.7. The molecule has 1 aromatic carbocycles. The molecule has 3 nitrogen and oxygen atoms in total. The van der Waals surface area contributed by atoms with E-state index in [0.717, 1.165) is 12.1 Å². The molecule has 4 heteroatoms. The molecule has 98 valence electrons. The number of halogens is 1. The maximum absolute atomic E-state index is 5.50. The molecule has 0 fully saturated rings. The van der Waals surface area contributed by atoms with Crippen molar-refractivity contribution in [1.29, 1.82) is 0 Å². The molecule has 0 amide bonds. The molecule has 0 aliphatic rings. The van der Waals surface area contributed by atoms with Gasteiger partial charge in [-0.1, -0.05) is 38.1 Å². The van der Waals surface area contributed by atoms with E-state index in [2.05, 4.69) is 43.2 Å². The van der Waals surface area contributed by atoms with Gasteiger partial charge in [-0.15, -0.1) is 12.4 Å². The van der Waals surface area contributed by atoms with Crippen LogP contribution in [0.25, 0.3) is 11.1 Å². The molecule has 0 radical (unpaired) electrons. The van der Waals surface area contributed by atoms with Gasteiger partial charge in [-0.05, 0) is 17.0 Å². The molecule has 0 saturated carbocycles. The summed E-state index contributed by atoms with van der Waals surface area (Å²) in [5.41, 5.74) is 9.22. The first-order chi connectivity index (χ1) is 8.20. The third-order valence-corrected chi connectivity index (χ3v) is 2.90. The van der Waals surface area contributed by atoms with Crippen molar-refractivity contribution in [2.24, 2.45) is 5.73 Å². The number of nitrogens with two attached hydrogens (primary N) is 1. The van der Waals surface area contributed by atoms with Gasteiger partial charge in [0.2, 0.25) is 0 Å². The lowest BCUT2D eigenvalue weighted by Gasteiger charge is -2.05. The second-order valence-electron chi connectivity index (χ2n) is 4.56. The van der Waals surface area contributed by atoms with Crippen molar-refractivity contribution < 1.29 is 0 Å². The number of rotatable bonds is 4. The van der Waals surface area contributed by atoms with E-state index in [1.54, 1.807) is 0 Å². The van der Waals surface area contributed by atoms with Gasteiger partial charge >= 0.3 is 0 Å². The summed E-state index contributed by atoms with van der Waals surface area (Å²) in [6.45, 7) is 5.79. The van der Waals surface area contributed by atoms with Crippen LogP contribution in [-0.2, 0) is 6.54 Å². The van der Waals surface area contributed by atoms with Gasteiger partial charge in [-0.2, -0.15) is 5.10 Å². The van der Waals surface area contributed by atoms with Gasteiger partial charge in [-0.3, -0.25) is 4.68 Å². The van der Waals surface area contributed by atoms with Gasteiger partial charge in [0.25, 0.3) is 0 Å². The van der Waals surface area contributed by atoms with Gasteiger partial charge in [0.15, 0.2) is 0 Å². The summed E-state index contributed by atoms with van der Waals surface area (Å²) in [5, 5.41) is 4.28. The van der Waals surface area contributed by atoms with Crippen LogP contribution >= 0.6 is 12.4 Å². The molecule has 0 aliphatic carbocycles. The van der Waals surface area contributed by atoms with E-state index < -0.39 is 0 Å². The maximum atomic E-state index is 5.50. The number of benzene rings is 1. The molecule has 0 spiro atoms. The fraction of sp³-hybridized carbons (Fsp3) is 0.357. The molecule has 2 N–H and O–H groups in total. The summed E-state index contributed by atoms with van der Waals surface area (Å²) >= 11 is 0. The van der Waals surface area contributed by atoms with Gasteiger partial charge in [-0.25, -0.2) is 0 Å². The lowest BCUT2D eigenvalue weighted by molar-refractivity contribution is 0.625. The number of nitrogens with zero attached hydrogens (tertiary/aromatic N) is 2. The summed E-state index contributed by atoms with van der Waals surface area (Å²) in [5.74, 6) is 0.573. The highest BCUT2D eigenvalue weighted by Gasteiger charge is 2.03. The maximum Gasteiger partial charge on any atom is 0.0568 e. The van der Waals surface area contributed by atoms with Gasteiger partial charge in [0, 0.05) is 18.3 Å². The van der Waals surface area contributed by atoms with Crippen molar-refractivity contribution in [1.82, 2.24) is 9.78 Å². The van der Waals surface area contributed by atoms with Gasteiger partial charge in [0.1, 0.15) is 0 Å². The van der Waals surface area contributed by atoms with Crippen LogP contribution in [0.3, 0.4) is 0 Å². The van der Waals surface area contributed by atoms with Crippen LogP contribution in [0.1, 0.15) is 25.3 Å². The molecule has 0 aliphatic heterocycles. The fourth-order valence-corrected chi connectivity index (χ4v) is 1.83. The van der Waals surface area contributed by atoms with Gasteiger partial charge in [0.05, 0.1) is 12.7 Å². The number of hydrogen-bond acceptors (Lipinski definition) is 2. The van der Waals surface area contributed by atoms with Crippen LogP contribution < -0.4 is 5.73 Å². The second kappa shape index (κ2) is 6.57. The normalized spacial score (nSPS) is 10.4. The number of aromatic nitrogens is 2. The Labute approximate surface area is 114 Å². The summed E-state index contributed by atoms with van der Waals surface area (Å²) in [4.78, 5) is 0. The van der Waals surface area contributed by atoms with Crippen molar-refractivity contribution >= 4 is 12.4 Å². The lowest BCUT2D eigenvalue weighted by atomic mass is 10.0. The summed E-state index contributed by atoms with van der Waals surface area (Å²) in [6, 6.07) is 8.67. The Morgan fingerprint density at radius 3 is 2.39 bits per heavy atom. The SMILES string of the molecule is CC(C)c1ccc(-c2cnn(CCN)c2)cc1.Cl. The van der Waals surface area contributed by atoms with Crippen LogP contribution in [0.5, 0.6) is 0 Å². The quantitative estimate of drug-likeness (QED) is 0.923. The molecule has 2 rings (SSSR count). The Balaban J connectivity index is 0.00000162. The second-order valence-corrected chi connectivity index (χ2v) is 4.56. The van der Waals surface area contributed by atoms with Crippen molar-refractivity contribution in [3.63, 3.8) is 0 Å². The van der Waals surface area contributed by atoms with Crippen LogP contribution in [0.15, 0.2) is 36.7 Å². The standard InChI is InChI=1S/C14H19N3.ClH/c1-11(2)12-3-5-13(6-4-12)14-9-16-17(10-14)8-7-15;/h3-6,9-11H,7-8,15H2,1-2H3;1H. The summed E-state index contributed by atoms with van der Waals surface area (Å²) in [7, 11) is 0. The summed E-state index contributed by atoms with van der Waals surface area (Å²) < 4.78 is 1.88. The van der Waals surface area contributed by atoms with Crippen LogP contribution in [-0.4, -0.2) is 16.3 Å². The molecule has 1 heterocycles. The molecule has 1 aromatic heterocycles. The average molecular weight is 266 g/mol. The van der Waals surface area contributed by atoms with E-state index in [1.807, 2.05) is 17.1 Å². The molecular formula is C14H20ClN3. The van der Waals surface area contributed by atoms with Gasteiger partial charge < -0.3 is 5.73 Å². The van der Waals surface area contributed by atoms with Crippen molar-refractivity contribution in [2.45, 2.75) is 26.3 Å².